The van der Waals surface area contributed by atoms with Crippen molar-refractivity contribution < 1.29 is 14.1 Å². The zero-order chi connectivity index (χ0) is 14.7. The molecule has 0 fully saturated rings. The molecule has 0 radical (unpaired) electrons. The van der Waals surface area contributed by atoms with Gasteiger partial charge in [0.05, 0.1) is 22.1 Å². The van der Waals surface area contributed by atoms with Gasteiger partial charge in [0.25, 0.3) is 0 Å². The number of carboxylic acid groups (broad SMARTS) is 1. The molecular weight excluding hydrogens is 387 g/mol. The first-order valence-corrected chi connectivity index (χ1v) is 8.34. The highest BCUT2D eigenvalue weighted by atomic mass is 127. The molecule has 2 aromatic rings. The fraction of sp³-hybridized carbons (Fsp3) is 0.133. The third kappa shape index (κ3) is 3.67. The molecule has 0 aliphatic heterocycles. The van der Waals surface area contributed by atoms with Crippen molar-refractivity contribution in [3.05, 3.63) is 62.7 Å². The molecule has 0 heterocycles. The Bertz CT molecular complexity index is 665. The summed E-state index contributed by atoms with van der Waals surface area (Å²) in [4.78, 5) is 11.6. The van der Waals surface area contributed by atoms with Crippen LogP contribution in [-0.2, 0) is 16.6 Å². The van der Waals surface area contributed by atoms with Crippen molar-refractivity contribution in [2.45, 2.75) is 17.6 Å². The van der Waals surface area contributed by atoms with Gasteiger partial charge in [0.2, 0.25) is 0 Å². The van der Waals surface area contributed by atoms with Crippen molar-refractivity contribution in [1.29, 1.82) is 0 Å². The van der Waals surface area contributed by atoms with E-state index < -0.39 is 16.8 Å². The second-order valence-electron chi connectivity index (χ2n) is 4.40. The van der Waals surface area contributed by atoms with Gasteiger partial charge in [-0.05, 0) is 64.9 Å². The van der Waals surface area contributed by atoms with Gasteiger partial charge in [-0.2, -0.15) is 0 Å². The molecule has 2 aromatic carbocycles. The Balaban J connectivity index is 2.23. The number of carbonyl (C=O) groups is 1. The SMILES string of the molecule is Cc1ccc(S(=O)Cc2ccc(I)cc2)cc1C(=O)O. The van der Waals surface area contributed by atoms with Crippen LogP contribution in [0.4, 0.5) is 0 Å². The second kappa shape index (κ2) is 6.49. The average molecular weight is 400 g/mol. The molecule has 0 amide bonds. The number of hydrogen-bond donors (Lipinski definition) is 1. The molecule has 1 N–H and O–H groups in total. The van der Waals surface area contributed by atoms with E-state index in [1.165, 1.54) is 6.07 Å². The summed E-state index contributed by atoms with van der Waals surface area (Å²) in [6, 6.07) is 12.7. The fourth-order valence-corrected chi connectivity index (χ4v) is 3.28. The van der Waals surface area contributed by atoms with E-state index in [4.69, 9.17) is 5.11 Å². The lowest BCUT2D eigenvalue weighted by Gasteiger charge is -2.06. The highest BCUT2D eigenvalue weighted by Crippen LogP contribution is 2.18. The molecular formula is C15H13IO3S. The molecule has 1 atom stereocenters. The van der Waals surface area contributed by atoms with Crippen LogP contribution in [0, 0.1) is 10.5 Å². The van der Waals surface area contributed by atoms with Gasteiger partial charge in [0, 0.05) is 8.47 Å². The number of hydrogen-bond acceptors (Lipinski definition) is 2. The third-order valence-corrected chi connectivity index (χ3v) is 5.01. The molecule has 0 saturated heterocycles. The third-order valence-electron chi connectivity index (χ3n) is 2.91. The molecule has 0 aromatic heterocycles. The maximum Gasteiger partial charge on any atom is 0.335 e. The molecule has 0 aliphatic rings. The Kier molecular flexibility index (Phi) is 4.93. The number of benzene rings is 2. The van der Waals surface area contributed by atoms with Crippen LogP contribution < -0.4 is 0 Å². The van der Waals surface area contributed by atoms with E-state index in [1.807, 2.05) is 24.3 Å². The Hall–Kier alpha value is -1.21. The van der Waals surface area contributed by atoms with Gasteiger partial charge in [0.15, 0.2) is 0 Å². The van der Waals surface area contributed by atoms with Crippen molar-refractivity contribution in [3.63, 3.8) is 0 Å². The van der Waals surface area contributed by atoms with Crippen LogP contribution in [0.1, 0.15) is 21.5 Å². The van der Waals surface area contributed by atoms with Crippen molar-refractivity contribution >= 4 is 39.4 Å². The summed E-state index contributed by atoms with van der Waals surface area (Å²) < 4.78 is 13.4. The summed E-state index contributed by atoms with van der Waals surface area (Å²) in [5.41, 5.74) is 1.85. The van der Waals surface area contributed by atoms with E-state index in [0.29, 0.717) is 16.2 Å². The molecule has 0 aliphatic carbocycles. The van der Waals surface area contributed by atoms with Crippen LogP contribution in [0.25, 0.3) is 0 Å². The second-order valence-corrected chi connectivity index (χ2v) is 7.09. The van der Waals surface area contributed by atoms with Gasteiger partial charge in [-0.15, -0.1) is 0 Å². The fourth-order valence-electron chi connectivity index (χ4n) is 1.79. The van der Waals surface area contributed by atoms with Crippen LogP contribution in [0.15, 0.2) is 47.4 Å². The van der Waals surface area contributed by atoms with E-state index in [9.17, 15) is 9.00 Å². The van der Waals surface area contributed by atoms with E-state index in [0.717, 1.165) is 9.13 Å². The highest BCUT2D eigenvalue weighted by Gasteiger charge is 2.11. The molecule has 0 spiro atoms. The molecule has 104 valence electrons. The largest absolute Gasteiger partial charge is 0.478 e. The van der Waals surface area contributed by atoms with Gasteiger partial charge in [-0.3, -0.25) is 4.21 Å². The zero-order valence-corrected chi connectivity index (χ0v) is 13.8. The topological polar surface area (TPSA) is 54.4 Å². The summed E-state index contributed by atoms with van der Waals surface area (Å²) in [5.74, 6) is -0.602. The number of aromatic carboxylic acids is 1. The maximum atomic E-state index is 12.3. The van der Waals surface area contributed by atoms with Gasteiger partial charge >= 0.3 is 5.97 Å². The van der Waals surface area contributed by atoms with Crippen LogP contribution >= 0.6 is 22.6 Å². The average Bonchev–Trinajstić information content (AvgIpc) is 2.41. The lowest BCUT2D eigenvalue weighted by molar-refractivity contribution is 0.0696. The number of halogens is 1. The predicted molar refractivity (Wildman–Crippen MR) is 87.4 cm³/mol. The monoisotopic (exact) mass is 400 g/mol. The molecule has 5 heteroatoms. The molecule has 0 bridgehead atoms. The standard InChI is InChI=1S/C15H13IO3S/c1-10-2-7-13(8-14(10)15(17)18)20(19)9-11-3-5-12(16)6-4-11/h2-8H,9H2,1H3,(H,17,18). The summed E-state index contributed by atoms with van der Waals surface area (Å²) in [6.45, 7) is 1.73. The summed E-state index contributed by atoms with van der Waals surface area (Å²) >= 11 is 2.22. The molecule has 0 saturated carbocycles. The van der Waals surface area contributed by atoms with Crippen LogP contribution in [0.3, 0.4) is 0 Å². The van der Waals surface area contributed by atoms with E-state index in [1.54, 1.807) is 19.1 Å². The minimum Gasteiger partial charge on any atom is -0.478 e. The maximum absolute atomic E-state index is 12.3. The number of aryl methyl sites for hydroxylation is 1. The first-order valence-electron chi connectivity index (χ1n) is 5.94. The molecule has 1 unspecified atom stereocenters. The lowest BCUT2D eigenvalue weighted by Crippen LogP contribution is -2.03. The quantitative estimate of drug-likeness (QED) is 0.798. The summed E-state index contributed by atoms with van der Waals surface area (Å²) in [6.07, 6.45) is 0. The normalized spacial score (nSPS) is 12.1. The van der Waals surface area contributed by atoms with Crippen LogP contribution in [0.5, 0.6) is 0 Å². The smallest absolute Gasteiger partial charge is 0.335 e. The predicted octanol–water partition coefficient (Wildman–Crippen LogP) is 3.61. The van der Waals surface area contributed by atoms with Crippen molar-refractivity contribution in [2.75, 3.05) is 0 Å². The Labute approximate surface area is 133 Å². The van der Waals surface area contributed by atoms with Crippen molar-refractivity contribution in [2.24, 2.45) is 0 Å². The van der Waals surface area contributed by atoms with E-state index in [2.05, 4.69) is 22.6 Å². The van der Waals surface area contributed by atoms with E-state index >= 15 is 0 Å². The lowest BCUT2D eigenvalue weighted by atomic mass is 10.1. The molecule has 20 heavy (non-hydrogen) atoms. The van der Waals surface area contributed by atoms with Crippen molar-refractivity contribution in [1.82, 2.24) is 0 Å². The molecule has 3 nitrogen and oxygen atoms in total. The van der Waals surface area contributed by atoms with Gasteiger partial charge in [-0.25, -0.2) is 4.79 Å². The van der Waals surface area contributed by atoms with Crippen molar-refractivity contribution in [3.8, 4) is 0 Å². The first-order chi connectivity index (χ1) is 9.47. The van der Waals surface area contributed by atoms with Gasteiger partial charge in [-0.1, -0.05) is 18.2 Å². The minimum absolute atomic E-state index is 0.207. The highest BCUT2D eigenvalue weighted by molar-refractivity contribution is 14.1. The van der Waals surface area contributed by atoms with Gasteiger partial charge in [0.1, 0.15) is 0 Å². The number of carboxylic acids is 1. The van der Waals surface area contributed by atoms with E-state index in [-0.39, 0.29) is 5.56 Å². The first kappa shape index (κ1) is 15.2. The summed E-state index contributed by atoms with van der Waals surface area (Å²) in [7, 11) is -1.24. The number of rotatable bonds is 4. The zero-order valence-electron chi connectivity index (χ0n) is 10.8. The Morgan fingerprint density at radius 3 is 2.45 bits per heavy atom. The van der Waals surface area contributed by atoms with Gasteiger partial charge < -0.3 is 5.11 Å². The minimum atomic E-state index is -1.24. The Morgan fingerprint density at radius 1 is 1.20 bits per heavy atom. The van der Waals surface area contributed by atoms with Crippen LogP contribution in [0.2, 0.25) is 0 Å². The molecule has 2 rings (SSSR count). The summed E-state index contributed by atoms with van der Waals surface area (Å²) in [5, 5.41) is 9.09. The van der Waals surface area contributed by atoms with Crippen LogP contribution in [-0.4, -0.2) is 15.3 Å². The Morgan fingerprint density at radius 2 is 1.85 bits per heavy atom.